The van der Waals surface area contributed by atoms with Gasteiger partial charge in [-0.05, 0) is 49.1 Å². The predicted molar refractivity (Wildman–Crippen MR) is 112 cm³/mol. The van der Waals surface area contributed by atoms with E-state index in [0.29, 0.717) is 17.0 Å². The molecule has 0 bridgehead atoms. The van der Waals surface area contributed by atoms with Crippen LogP contribution in [-0.2, 0) is 11.3 Å². The molecule has 1 saturated heterocycles. The number of aromatic nitrogens is 2. The number of rotatable bonds is 4. The lowest BCUT2D eigenvalue weighted by Crippen LogP contribution is -2.38. The molecule has 1 aliphatic rings. The van der Waals surface area contributed by atoms with Crippen molar-refractivity contribution in [2.45, 2.75) is 26.3 Å². The Morgan fingerprint density at radius 1 is 1.17 bits per heavy atom. The molecule has 29 heavy (non-hydrogen) atoms. The van der Waals surface area contributed by atoms with E-state index in [1.54, 1.807) is 6.07 Å². The van der Waals surface area contributed by atoms with E-state index in [9.17, 15) is 14.0 Å². The van der Waals surface area contributed by atoms with Gasteiger partial charge in [0.05, 0.1) is 5.39 Å². The van der Waals surface area contributed by atoms with Crippen molar-refractivity contribution < 1.29 is 9.18 Å². The first-order valence-electron chi connectivity index (χ1n) is 9.81. The fraction of sp³-hybridized carbons (Fsp3) is 0.318. The smallest absolute Gasteiger partial charge is 0.275 e. The van der Waals surface area contributed by atoms with Crippen LogP contribution in [0.3, 0.4) is 0 Å². The molecule has 0 radical (unpaired) electrons. The van der Waals surface area contributed by atoms with Gasteiger partial charge in [-0.25, -0.2) is 9.07 Å². The summed E-state index contributed by atoms with van der Waals surface area (Å²) in [5, 5.41) is 8.60. The summed E-state index contributed by atoms with van der Waals surface area (Å²) in [4.78, 5) is 27.6. The number of nitrogens with one attached hydrogen (secondary N) is 1. The van der Waals surface area contributed by atoms with Crippen molar-refractivity contribution in [3.63, 3.8) is 0 Å². The van der Waals surface area contributed by atoms with E-state index < -0.39 is 0 Å². The van der Waals surface area contributed by atoms with Crippen LogP contribution < -0.4 is 15.8 Å². The summed E-state index contributed by atoms with van der Waals surface area (Å²) in [5.74, 6) is 0.517. The Morgan fingerprint density at radius 2 is 1.90 bits per heavy atom. The maximum atomic E-state index is 13.0. The summed E-state index contributed by atoms with van der Waals surface area (Å²) in [6, 6.07) is 12.9. The van der Waals surface area contributed by atoms with Gasteiger partial charge < -0.3 is 10.2 Å². The van der Waals surface area contributed by atoms with Crippen LogP contribution in [0.15, 0.2) is 53.3 Å². The minimum absolute atomic E-state index is 0.211. The van der Waals surface area contributed by atoms with Crippen LogP contribution in [-0.4, -0.2) is 28.8 Å². The van der Waals surface area contributed by atoms with Crippen molar-refractivity contribution in [2.75, 3.05) is 23.3 Å². The number of hydrogen-bond donors (Lipinski definition) is 1. The van der Waals surface area contributed by atoms with Gasteiger partial charge in [0.15, 0.2) is 5.82 Å². The summed E-state index contributed by atoms with van der Waals surface area (Å²) < 4.78 is 14.3. The van der Waals surface area contributed by atoms with Crippen molar-refractivity contribution in [2.24, 2.45) is 5.92 Å². The first kappa shape index (κ1) is 19.1. The zero-order chi connectivity index (χ0) is 20.4. The Hall–Kier alpha value is -3.22. The normalized spacial score (nSPS) is 16.8. The Balaban J connectivity index is 1.66. The molecule has 1 N–H and O–H groups in total. The topological polar surface area (TPSA) is 67.2 Å². The highest BCUT2D eigenvalue weighted by molar-refractivity contribution is 5.93. The molecule has 4 rings (SSSR count). The third-order valence-electron chi connectivity index (χ3n) is 5.23. The second-order valence-corrected chi connectivity index (χ2v) is 7.58. The zero-order valence-electron chi connectivity index (χ0n) is 16.3. The molecule has 0 aliphatic carbocycles. The van der Waals surface area contributed by atoms with Crippen molar-refractivity contribution in [3.8, 4) is 0 Å². The van der Waals surface area contributed by atoms with Gasteiger partial charge in [0, 0.05) is 24.2 Å². The molecule has 1 aromatic heterocycles. The molecule has 6 nitrogen and oxygen atoms in total. The van der Waals surface area contributed by atoms with Gasteiger partial charge in [-0.1, -0.05) is 25.1 Å². The molecule has 3 aromatic rings. The number of carbonyl (C=O) groups is 1. The number of anilines is 2. The first-order chi connectivity index (χ1) is 14.0. The highest BCUT2D eigenvalue weighted by Crippen LogP contribution is 2.26. The molecule has 1 atom stereocenters. The van der Waals surface area contributed by atoms with Gasteiger partial charge >= 0.3 is 0 Å². The number of halogens is 1. The average Bonchev–Trinajstić information content (AvgIpc) is 2.72. The van der Waals surface area contributed by atoms with Crippen molar-refractivity contribution in [1.82, 2.24) is 9.78 Å². The van der Waals surface area contributed by atoms with E-state index >= 15 is 0 Å². The molecule has 1 amide bonds. The molecule has 0 spiro atoms. The molecule has 7 heteroatoms. The van der Waals surface area contributed by atoms with Crippen LogP contribution in [0.1, 0.15) is 19.8 Å². The summed E-state index contributed by atoms with van der Waals surface area (Å²) >= 11 is 0. The molecule has 2 aromatic carbocycles. The van der Waals surface area contributed by atoms with E-state index in [1.807, 2.05) is 18.2 Å². The third-order valence-corrected chi connectivity index (χ3v) is 5.23. The molecular formula is C22H23FN4O2. The SMILES string of the molecule is CC1CCCN(c2nn(CC(=O)Nc3ccc(F)cc3)c(=O)c3ccccc23)C1. The molecular weight excluding hydrogens is 371 g/mol. The van der Waals surface area contributed by atoms with E-state index in [0.717, 1.165) is 30.7 Å². The number of amides is 1. The summed E-state index contributed by atoms with van der Waals surface area (Å²) in [6.07, 6.45) is 2.25. The lowest BCUT2D eigenvalue weighted by atomic mass is 10.00. The van der Waals surface area contributed by atoms with Crippen LogP contribution in [0.2, 0.25) is 0 Å². The third kappa shape index (κ3) is 4.13. The number of nitrogens with zero attached hydrogens (tertiary/aromatic N) is 3. The Labute approximate surface area is 167 Å². The van der Waals surface area contributed by atoms with Gasteiger partial charge in [0.25, 0.3) is 5.56 Å². The highest BCUT2D eigenvalue weighted by Gasteiger charge is 2.22. The van der Waals surface area contributed by atoms with Gasteiger partial charge in [-0.3, -0.25) is 9.59 Å². The standard InChI is InChI=1S/C22H23FN4O2/c1-15-5-4-12-26(13-15)21-18-6-2-3-7-19(18)22(29)27(25-21)14-20(28)24-17-10-8-16(23)9-11-17/h2-3,6-11,15H,4-5,12-14H2,1H3,(H,24,28). The number of fused-ring (bicyclic) bond motifs is 1. The Bertz CT molecular complexity index is 1090. The molecule has 1 aliphatic heterocycles. The number of piperidine rings is 1. The number of hydrogen-bond acceptors (Lipinski definition) is 4. The maximum Gasteiger partial charge on any atom is 0.275 e. The highest BCUT2D eigenvalue weighted by atomic mass is 19.1. The van der Waals surface area contributed by atoms with Crippen LogP contribution in [0.4, 0.5) is 15.9 Å². The van der Waals surface area contributed by atoms with Crippen LogP contribution in [0, 0.1) is 11.7 Å². The zero-order valence-corrected chi connectivity index (χ0v) is 16.3. The van der Waals surface area contributed by atoms with Gasteiger partial charge in [0.1, 0.15) is 12.4 Å². The predicted octanol–water partition coefficient (Wildman–Crippen LogP) is 3.41. The number of benzene rings is 2. The van der Waals surface area contributed by atoms with E-state index in [2.05, 4.69) is 22.2 Å². The van der Waals surface area contributed by atoms with Crippen LogP contribution in [0.5, 0.6) is 0 Å². The minimum atomic E-state index is -0.389. The first-order valence-corrected chi connectivity index (χ1v) is 9.81. The fourth-order valence-electron chi connectivity index (χ4n) is 3.81. The molecule has 1 unspecified atom stereocenters. The molecule has 0 saturated carbocycles. The monoisotopic (exact) mass is 394 g/mol. The van der Waals surface area contributed by atoms with Crippen LogP contribution in [0.25, 0.3) is 10.8 Å². The summed E-state index contributed by atoms with van der Waals surface area (Å²) in [5.41, 5.74) is 0.166. The fourth-order valence-corrected chi connectivity index (χ4v) is 3.81. The molecule has 1 fully saturated rings. The summed E-state index contributed by atoms with van der Waals surface area (Å²) in [6.45, 7) is 3.75. The van der Waals surface area contributed by atoms with Crippen molar-refractivity contribution in [3.05, 3.63) is 64.7 Å². The lowest BCUT2D eigenvalue weighted by molar-refractivity contribution is -0.117. The molecule has 2 heterocycles. The minimum Gasteiger partial charge on any atom is -0.354 e. The van der Waals surface area contributed by atoms with E-state index in [-0.39, 0.29) is 23.8 Å². The van der Waals surface area contributed by atoms with Crippen molar-refractivity contribution in [1.29, 1.82) is 0 Å². The van der Waals surface area contributed by atoms with Gasteiger partial charge in [0.2, 0.25) is 5.91 Å². The van der Waals surface area contributed by atoms with Gasteiger partial charge in [-0.15, -0.1) is 0 Å². The van der Waals surface area contributed by atoms with Gasteiger partial charge in [-0.2, -0.15) is 5.10 Å². The van der Waals surface area contributed by atoms with E-state index in [1.165, 1.54) is 35.4 Å². The number of carbonyl (C=O) groups excluding carboxylic acids is 1. The Morgan fingerprint density at radius 3 is 2.62 bits per heavy atom. The largest absolute Gasteiger partial charge is 0.354 e. The van der Waals surface area contributed by atoms with E-state index in [4.69, 9.17) is 0 Å². The average molecular weight is 394 g/mol. The second kappa shape index (κ2) is 8.03. The van der Waals surface area contributed by atoms with Crippen molar-refractivity contribution >= 4 is 28.2 Å². The maximum absolute atomic E-state index is 13.0. The van der Waals surface area contributed by atoms with Crippen LogP contribution >= 0.6 is 0 Å². The molecule has 150 valence electrons. The lowest BCUT2D eigenvalue weighted by Gasteiger charge is -2.32. The Kier molecular flexibility index (Phi) is 5.29. The second-order valence-electron chi connectivity index (χ2n) is 7.58. The summed E-state index contributed by atoms with van der Waals surface area (Å²) in [7, 11) is 0. The quantitative estimate of drug-likeness (QED) is 0.736.